The summed E-state index contributed by atoms with van der Waals surface area (Å²) >= 11 is 12.3. The Morgan fingerprint density at radius 1 is 0.831 bits per heavy atom. The Labute approximate surface area is 397 Å². The first-order chi connectivity index (χ1) is 26.7. The molecule has 0 amide bonds. The second-order valence-corrected chi connectivity index (χ2v) is 20.0. The van der Waals surface area contributed by atoms with Crippen molar-refractivity contribution < 1.29 is 24.2 Å². The van der Waals surface area contributed by atoms with E-state index in [0.29, 0.717) is 17.8 Å². The van der Waals surface area contributed by atoms with Crippen LogP contribution in [0.15, 0.2) is 119 Å². The first kappa shape index (κ1) is 53.3. The van der Waals surface area contributed by atoms with Crippen molar-refractivity contribution in [1.29, 1.82) is 0 Å². The predicted octanol–water partition coefficient (Wildman–Crippen LogP) is 16.7. The molecule has 3 aromatic carbocycles. The van der Waals surface area contributed by atoms with Crippen LogP contribution in [0.1, 0.15) is 114 Å². The molecule has 5 aliphatic carbocycles. The fourth-order valence-corrected chi connectivity index (χ4v) is 9.91. The van der Waals surface area contributed by atoms with Gasteiger partial charge in [0, 0.05) is 0 Å². The molecule has 0 radical (unpaired) electrons. The van der Waals surface area contributed by atoms with Crippen LogP contribution in [-0.2, 0) is 30.7 Å². The van der Waals surface area contributed by atoms with E-state index in [-0.39, 0.29) is 51.9 Å². The minimum atomic E-state index is 0. The monoisotopic (exact) mass is 946 g/mol. The summed E-state index contributed by atoms with van der Waals surface area (Å²) < 4.78 is 3.34. The van der Waals surface area contributed by atoms with E-state index in [2.05, 4.69) is 161 Å². The number of hydrogen-bond donors (Lipinski definition) is 0. The molecular formula is C54H68Cl4Zr-4. The molecule has 0 saturated heterocycles. The van der Waals surface area contributed by atoms with E-state index in [0.717, 1.165) is 16.5 Å². The summed E-state index contributed by atoms with van der Waals surface area (Å²) in [5, 5.41) is 1.48. The van der Waals surface area contributed by atoms with Gasteiger partial charge >= 0.3 is 28.4 Å². The van der Waals surface area contributed by atoms with Gasteiger partial charge in [-0.3, -0.25) is 6.08 Å². The van der Waals surface area contributed by atoms with Gasteiger partial charge < -0.3 is 0 Å². The fraction of sp³-hybridized carbons (Fsp3) is 0.444. The summed E-state index contributed by atoms with van der Waals surface area (Å²) in [6.45, 7) is 31.5. The van der Waals surface area contributed by atoms with E-state index in [9.17, 15) is 0 Å². The van der Waals surface area contributed by atoms with Crippen LogP contribution in [0.4, 0.5) is 0 Å². The molecule has 5 aliphatic rings. The number of halogens is 4. The maximum absolute atomic E-state index is 5.51. The van der Waals surface area contributed by atoms with Crippen molar-refractivity contribution in [3.05, 3.63) is 165 Å². The molecule has 0 nitrogen and oxygen atoms in total. The molecule has 8 rings (SSSR count). The van der Waals surface area contributed by atoms with Gasteiger partial charge in [-0.2, -0.15) is 107 Å². The van der Waals surface area contributed by atoms with Gasteiger partial charge in [-0.25, -0.2) is 12.0 Å². The molecule has 0 aromatic heterocycles. The second kappa shape index (κ2) is 21.5. The fourth-order valence-electron chi connectivity index (χ4n) is 9.64. The van der Waals surface area contributed by atoms with Crippen LogP contribution in [0.2, 0.25) is 10.0 Å². The molecule has 3 aromatic rings. The van der Waals surface area contributed by atoms with Crippen molar-refractivity contribution in [2.45, 2.75) is 109 Å². The Balaban J connectivity index is 0.000000328. The van der Waals surface area contributed by atoms with E-state index >= 15 is 0 Å². The Bertz CT molecular complexity index is 1950. The third kappa shape index (κ3) is 10.7. The molecule has 1 fully saturated rings. The Kier molecular flexibility index (Phi) is 19.4. The van der Waals surface area contributed by atoms with E-state index in [1.807, 2.05) is 36.4 Å². The van der Waals surface area contributed by atoms with Crippen LogP contribution in [-0.4, -0.2) is 4.21 Å². The molecule has 0 aliphatic heterocycles. The maximum atomic E-state index is 5.51. The molecule has 320 valence electrons. The normalized spacial score (nSPS) is 23.2. The van der Waals surface area contributed by atoms with E-state index in [1.54, 1.807) is 40.3 Å². The predicted molar refractivity (Wildman–Crippen MR) is 260 cm³/mol. The second-order valence-electron chi connectivity index (χ2n) is 19.1. The van der Waals surface area contributed by atoms with Crippen LogP contribution in [0.3, 0.4) is 0 Å². The third-order valence-electron chi connectivity index (χ3n) is 14.5. The summed E-state index contributed by atoms with van der Waals surface area (Å²) in [4.78, 5) is 0. The van der Waals surface area contributed by atoms with Crippen molar-refractivity contribution in [1.82, 2.24) is 0 Å². The van der Waals surface area contributed by atoms with Gasteiger partial charge in [0.15, 0.2) is 0 Å². The van der Waals surface area contributed by atoms with E-state index in [4.69, 9.17) is 23.2 Å². The first-order valence-electron chi connectivity index (χ1n) is 20.7. The summed E-state index contributed by atoms with van der Waals surface area (Å²) in [6.07, 6.45) is 16.4. The van der Waals surface area contributed by atoms with Gasteiger partial charge in [-0.1, -0.05) is 175 Å². The minimum absolute atomic E-state index is 0. The van der Waals surface area contributed by atoms with Gasteiger partial charge in [-0.15, -0.1) is 31.7 Å². The first-order valence-corrected chi connectivity index (χ1v) is 23.1. The van der Waals surface area contributed by atoms with Crippen LogP contribution in [0.5, 0.6) is 0 Å². The Morgan fingerprint density at radius 3 is 1.83 bits per heavy atom. The Morgan fingerprint density at radius 2 is 1.39 bits per heavy atom. The summed E-state index contributed by atoms with van der Waals surface area (Å²) in [5.74, 6) is 3.46. The van der Waals surface area contributed by atoms with Crippen LogP contribution >= 0.6 is 48.0 Å². The summed E-state index contributed by atoms with van der Waals surface area (Å²) in [7, 11) is 0. The number of rotatable bonds is 1. The van der Waals surface area contributed by atoms with Gasteiger partial charge in [0.05, 0.1) is 0 Å². The molecule has 0 heterocycles. The van der Waals surface area contributed by atoms with Crippen molar-refractivity contribution >= 4 is 57.8 Å². The summed E-state index contributed by atoms with van der Waals surface area (Å²) in [6, 6.07) is 29.2. The van der Waals surface area contributed by atoms with E-state index in [1.165, 1.54) is 53.8 Å². The molecule has 1 saturated carbocycles. The van der Waals surface area contributed by atoms with Crippen molar-refractivity contribution in [2.75, 3.05) is 0 Å². The molecule has 0 spiro atoms. The van der Waals surface area contributed by atoms with Gasteiger partial charge in [0.25, 0.3) is 0 Å². The molecule has 0 N–H and O–H groups in total. The molecular weight excluding hydrogens is 882 g/mol. The molecule has 59 heavy (non-hydrogen) atoms. The van der Waals surface area contributed by atoms with Crippen LogP contribution in [0.25, 0.3) is 5.57 Å². The number of allylic oxidation sites excluding steroid dienone is 10. The Hall–Kier alpha value is -1.86. The van der Waals surface area contributed by atoms with Gasteiger partial charge in [0.1, 0.15) is 0 Å². The van der Waals surface area contributed by atoms with Gasteiger partial charge in [0.2, 0.25) is 0 Å². The molecule has 3 unspecified atom stereocenters. The van der Waals surface area contributed by atoms with Crippen LogP contribution < -0.4 is 0 Å². The third-order valence-corrected chi connectivity index (χ3v) is 15.0. The molecule has 0 bridgehead atoms. The zero-order valence-corrected chi connectivity index (χ0v) is 43.5. The van der Waals surface area contributed by atoms with Crippen LogP contribution in [0, 0.1) is 69.0 Å². The number of hydrogen-bond acceptors (Lipinski definition) is 0. The standard InChI is InChI=1S/C29H37.C12H19.2C6H4Cl.CH2.2ClH.Zr/c1-18-25-22-17-19-13-9-10-14-20(19)24(22)21-15-11-12-16-23(21)29(25,8)28(6,7)27(4,5)26(18,2)3;1-9(2)10-6-7-11(8-10)12(3,4)5;2*7-6-4-2-1-3-5-6;;;;/h9-11,13-15,23H,12,16-17H2,1-8H3;7-10H,1-5H3;2*1-2,4-5H;1H2;2*1H;/q4*-1;;;;. The SMILES string of the molecule is CC(C)C1[C-]=CC(C(C)(C)C)=C1.C[C-]1C2=C3Cc4ccccc4C3=C3C=CCCC3C2(C)C(C)(C)C(C)(C)C1(C)C.Cl.Cl.Clc1c[c-]ccc1.Clc1c[c-]ccc1.[CH2]=[Zr]. The molecule has 5 heteroatoms. The summed E-state index contributed by atoms with van der Waals surface area (Å²) in [5.41, 5.74) is 12.0. The van der Waals surface area contributed by atoms with Gasteiger partial charge in [-0.05, 0) is 40.6 Å². The zero-order valence-electron chi connectivity index (χ0n) is 37.9. The molecule has 3 atom stereocenters. The van der Waals surface area contributed by atoms with Crippen molar-refractivity contribution in [3.8, 4) is 0 Å². The number of benzene rings is 3. The van der Waals surface area contributed by atoms with Crippen molar-refractivity contribution in [2.24, 2.45) is 44.8 Å². The average molecular weight is 950 g/mol. The topological polar surface area (TPSA) is 0 Å². The van der Waals surface area contributed by atoms with Crippen molar-refractivity contribution in [3.63, 3.8) is 0 Å². The number of fused-ring (bicyclic) bond motifs is 6. The zero-order chi connectivity index (χ0) is 42.6. The van der Waals surface area contributed by atoms with E-state index < -0.39 is 0 Å². The quantitative estimate of drug-likeness (QED) is 0.213. The average Bonchev–Trinajstić information content (AvgIpc) is 3.83.